The molecular formula is C14H11ClN2O. The van der Waals surface area contributed by atoms with E-state index in [0.717, 1.165) is 21.7 Å². The second kappa shape index (κ2) is 4.35. The molecule has 0 amide bonds. The molecular weight excluding hydrogens is 248 g/mol. The summed E-state index contributed by atoms with van der Waals surface area (Å²) in [6, 6.07) is 13.1. The van der Waals surface area contributed by atoms with Gasteiger partial charge in [-0.25, -0.2) is 4.98 Å². The molecule has 0 radical (unpaired) electrons. The summed E-state index contributed by atoms with van der Waals surface area (Å²) >= 11 is 5.84. The maximum atomic E-state index is 5.84. The predicted molar refractivity (Wildman–Crippen MR) is 72.7 cm³/mol. The molecule has 0 unspecified atom stereocenters. The average molecular weight is 259 g/mol. The number of hydrogen-bond donors (Lipinski definition) is 1. The standard InChI is InChI=1S/C14H11ClN2O/c15-10-3-1-9(2-4-10)7-14-17-12-6-5-11(16)8-13(12)18-14/h1-6,8H,7,16H2. The Morgan fingerprint density at radius 1 is 1.11 bits per heavy atom. The van der Waals surface area contributed by atoms with Crippen LogP contribution in [0.1, 0.15) is 11.5 Å². The normalized spacial score (nSPS) is 10.9. The van der Waals surface area contributed by atoms with Crippen LogP contribution in [0.4, 0.5) is 5.69 Å². The lowest BCUT2D eigenvalue weighted by molar-refractivity contribution is 0.544. The zero-order valence-electron chi connectivity index (χ0n) is 9.56. The van der Waals surface area contributed by atoms with Crippen molar-refractivity contribution >= 4 is 28.4 Å². The second-order valence-electron chi connectivity index (χ2n) is 4.14. The summed E-state index contributed by atoms with van der Waals surface area (Å²) in [5, 5.41) is 0.726. The Kier molecular flexibility index (Phi) is 2.68. The summed E-state index contributed by atoms with van der Waals surface area (Å²) in [4.78, 5) is 4.42. The van der Waals surface area contributed by atoms with E-state index in [1.165, 1.54) is 0 Å². The van der Waals surface area contributed by atoms with Crippen LogP contribution in [0, 0.1) is 0 Å². The third kappa shape index (κ3) is 2.17. The number of hydrogen-bond acceptors (Lipinski definition) is 3. The third-order valence-electron chi connectivity index (χ3n) is 2.73. The monoisotopic (exact) mass is 258 g/mol. The number of benzene rings is 2. The van der Waals surface area contributed by atoms with Crippen LogP contribution < -0.4 is 5.73 Å². The van der Waals surface area contributed by atoms with Crippen LogP contribution in [0.2, 0.25) is 5.02 Å². The van der Waals surface area contributed by atoms with Gasteiger partial charge >= 0.3 is 0 Å². The van der Waals surface area contributed by atoms with E-state index in [9.17, 15) is 0 Å². The fourth-order valence-corrected chi connectivity index (χ4v) is 1.97. The molecule has 0 aliphatic rings. The van der Waals surface area contributed by atoms with Gasteiger partial charge in [-0.2, -0.15) is 0 Å². The first kappa shape index (κ1) is 11.1. The molecule has 0 aliphatic carbocycles. The van der Waals surface area contributed by atoms with Gasteiger partial charge in [-0.1, -0.05) is 23.7 Å². The van der Waals surface area contributed by atoms with Crippen LogP contribution in [-0.2, 0) is 6.42 Å². The van der Waals surface area contributed by atoms with Crippen LogP contribution in [0.15, 0.2) is 46.9 Å². The Morgan fingerprint density at radius 3 is 2.67 bits per heavy atom. The molecule has 0 atom stereocenters. The molecule has 4 heteroatoms. The molecule has 3 aromatic rings. The van der Waals surface area contributed by atoms with Crippen molar-refractivity contribution in [3.05, 3.63) is 58.9 Å². The van der Waals surface area contributed by atoms with E-state index < -0.39 is 0 Å². The minimum Gasteiger partial charge on any atom is -0.440 e. The van der Waals surface area contributed by atoms with Crippen molar-refractivity contribution in [2.24, 2.45) is 0 Å². The fourth-order valence-electron chi connectivity index (χ4n) is 1.84. The highest BCUT2D eigenvalue weighted by molar-refractivity contribution is 6.30. The first-order valence-corrected chi connectivity index (χ1v) is 5.98. The molecule has 3 rings (SSSR count). The first-order valence-electron chi connectivity index (χ1n) is 5.60. The van der Waals surface area contributed by atoms with Gasteiger partial charge in [0.05, 0.1) is 0 Å². The van der Waals surface area contributed by atoms with Crippen molar-refractivity contribution in [1.82, 2.24) is 4.98 Å². The molecule has 3 nitrogen and oxygen atoms in total. The zero-order chi connectivity index (χ0) is 12.5. The number of nitrogen functional groups attached to an aromatic ring is 1. The van der Waals surface area contributed by atoms with E-state index in [1.807, 2.05) is 36.4 Å². The number of halogens is 1. The van der Waals surface area contributed by atoms with Gasteiger partial charge < -0.3 is 10.2 Å². The summed E-state index contributed by atoms with van der Waals surface area (Å²) in [5.41, 5.74) is 9.04. The predicted octanol–water partition coefficient (Wildman–Crippen LogP) is 3.65. The molecule has 1 heterocycles. The summed E-state index contributed by atoms with van der Waals surface area (Å²) < 4.78 is 5.66. The number of aromatic nitrogens is 1. The lowest BCUT2D eigenvalue weighted by Crippen LogP contribution is -1.87. The smallest absolute Gasteiger partial charge is 0.199 e. The number of oxazole rings is 1. The second-order valence-corrected chi connectivity index (χ2v) is 4.57. The van der Waals surface area contributed by atoms with Crippen molar-refractivity contribution < 1.29 is 4.42 Å². The highest BCUT2D eigenvalue weighted by atomic mass is 35.5. The van der Waals surface area contributed by atoms with E-state index in [0.29, 0.717) is 18.0 Å². The van der Waals surface area contributed by atoms with E-state index >= 15 is 0 Å². The van der Waals surface area contributed by atoms with Gasteiger partial charge in [0, 0.05) is 23.2 Å². The minimum atomic E-state index is 0.645. The number of nitrogens with two attached hydrogens (primary N) is 1. The molecule has 2 aromatic carbocycles. The Balaban J connectivity index is 1.92. The Labute approximate surface area is 109 Å². The highest BCUT2D eigenvalue weighted by Crippen LogP contribution is 2.20. The van der Waals surface area contributed by atoms with Gasteiger partial charge in [0.1, 0.15) is 5.52 Å². The van der Waals surface area contributed by atoms with Gasteiger partial charge in [-0.05, 0) is 29.8 Å². The van der Waals surface area contributed by atoms with Gasteiger partial charge in [0.25, 0.3) is 0 Å². The van der Waals surface area contributed by atoms with Crippen molar-refractivity contribution in [1.29, 1.82) is 0 Å². The van der Waals surface area contributed by atoms with Crippen LogP contribution in [0.5, 0.6) is 0 Å². The number of anilines is 1. The number of fused-ring (bicyclic) bond motifs is 1. The van der Waals surface area contributed by atoms with Crippen molar-refractivity contribution in [2.45, 2.75) is 6.42 Å². The summed E-state index contributed by atoms with van der Waals surface area (Å²) in [5.74, 6) is 0.679. The Hall–Kier alpha value is -2.00. The Bertz CT molecular complexity index is 689. The Morgan fingerprint density at radius 2 is 1.89 bits per heavy atom. The summed E-state index contributed by atoms with van der Waals surface area (Å²) in [7, 11) is 0. The van der Waals surface area contributed by atoms with Gasteiger partial charge in [-0.15, -0.1) is 0 Å². The summed E-state index contributed by atoms with van der Waals surface area (Å²) in [6.07, 6.45) is 0.645. The van der Waals surface area contributed by atoms with Crippen LogP contribution in [0.25, 0.3) is 11.1 Å². The summed E-state index contributed by atoms with van der Waals surface area (Å²) in [6.45, 7) is 0. The lowest BCUT2D eigenvalue weighted by Gasteiger charge is -1.96. The van der Waals surface area contributed by atoms with Crippen molar-refractivity contribution in [2.75, 3.05) is 5.73 Å². The highest BCUT2D eigenvalue weighted by Gasteiger charge is 2.06. The molecule has 0 saturated heterocycles. The molecule has 0 fully saturated rings. The maximum absolute atomic E-state index is 5.84. The number of rotatable bonds is 2. The molecule has 0 aliphatic heterocycles. The van der Waals surface area contributed by atoms with E-state index in [-0.39, 0.29) is 0 Å². The minimum absolute atomic E-state index is 0.645. The molecule has 1 aromatic heterocycles. The first-order chi connectivity index (χ1) is 8.70. The number of nitrogens with zero attached hydrogens (tertiary/aromatic N) is 1. The zero-order valence-corrected chi connectivity index (χ0v) is 10.3. The molecule has 0 saturated carbocycles. The lowest BCUT2D eigenvalue weighted by atomic mass is 10.1. The maximum Gasteiger partial charge on any atom is 0.199 e. The van der Waals surface area contributed by atoms with E-state index in [2.05, 4.69) is 4.98 Å². The third-order valence-corrected chi connectivity index (χ3v) is 2.98. The quantitative estimate of drug-likeness (QED) is 0.714. The van der Waals surface area contributed by atoms with Gasteiger partial charge in [-0.3, -0.25) is 0 Å². The fraction of sp³-hybridized carbons (Fsp3) is 0.0714. The van der Waals surface area contributed by atoms with Crippen LogP contribution in [-0.4, -0.2) is 4.98 Å². The largest absolute Gasteiger partial charge is 0.440 e. The van der Waals surface area contributed by atoms with Gasteiger partial charge in [0.15, 0.2) is 11.5 Å². The molecule has 0 spiro atoms. The van der Waals surface area contributed by atoms with E-state index in [4.69, 9.17) is 21.8 Å². The van der Waals surface area contributed by atoms with Gasteiger partial charge in [0.2, 0.25) is 0 Å². The molecule has 90 valence electrons. The average Bonchev–Trinajstić information content (AvgIpc) is 2.73. The van der Waals surface area contributed by atoms with Crippen LogP contribution in [0.3, 0.4) is 0 Å². The topological polar surface area (TPSA) is 52.0 Å². The van der Waals surface area contributed by atoms with Crippen molar-refractivity contribution in [3.8, 4) is 0 Å². The SMILES string of the molecule is Nc1ccc2nc(Cc3ccc(Cl)cc3)oc2c1. The molecule has 0 bridgehead atoms. The molecule has 18 heavy (non-hydrogen) atoms. The molecule has 2 N–H and O–H groups in total. The van der Waals surface area contributed by atoms with E-state index in [1.54, 1.807) is 6.07 Å². The van der Waals surface area contributed by atoms with Crippen molar-refractivity contribution in [3.63, 3.8) is 0 Å². The van der Waals surface area contributed by atoms with Crippen LogP contribution >= 0.6 is 11.6 Å².